The Kier molecular flexibility index (Phi) is 4.21. The first-order chi connectivity index (χ1) is 11.7. The molecule has 1 saturated heterocycles. The zero-order valence-corrected chi connectivity index (χ0v) is 15.1. The molecular weight excluding hydrogens is 316 g/mol. The molecule has 5 heteroatoms. The van der Waals surface area contributed by atoms with Crippen LogP contribution in [0.5, 0.6) is 0 Å². The maximum absolute atomic E-state index is 12.9. The maximum Gasteiger partial charge on any atom is 0.232 e. The van der Waals surface area contributed by atoms with Gasteiger partial charge in [-0.2, -0.15) is 0 Å². The fraction of sp³-hybridized carbons (Fsp3) is 0.550. The third-order valence-electron chi connectivity index (χ3n) is 5.75. The van der Waals surface area contributed by atoms with Crippen LogP contribution in [0.2, 0.25) is 0 Å². The second-order valence-electron chi connectivity index (χ2n) is 8.49. The summed E-state index contributed by atoms with van der Waals surface area (Å²) in [6, 6.07) is 9.99. The molecule has 5 nitrogen and oxygen atoms in total. The summed E-state index contributed by atoms with van der Waals surface area (Å²) in [4.78, 5) is 37.5. The minimum absolute atomic E-state index is 0.0666. The predicted octanol–water partition coefficient (Wildman–Crippen LogP) is 2.20. The van der Waals surface area contributed by atoms with Gasteiger partial charge in [-0.15, -0.1) is 0 Å². The van der Waals surface area contributed by atoms with Crippen molar-refractivity contribution in [1.29, 1.82) is 0 Å². The molecule has 2 aliphatic rings. The summed E-state index contributed by atoms with van der Waals surface area (Å²) in [7, 11) is 0. The first-order valence-corrected chi connectivity index (χ1v) is 8.85. The number of nitrogens with one attached hydrogen (secondary N) is 2. The molecule has 2 N–H and O–H groups in total. The largest absolute Gasteiger partial charge is 0.355 e. The van der Waals surface area contributed by atoms with Crippen LogP contribution in [0, 0.1) is 16.2 Å². The minimum atomic E-state index is -0.716. The number of imide groups is 1. The summed E-state index contributed by atoms with van der Waals surface area (Å²) in [5, 5.41) is 5.51. The zero-order valence-electron chi connectivity index (χ0n) is 15.1. The zero-order chi connectivity index (χ0) is 18.3. The Morgan fingerprint density at radius 3 is 2.12 bits per heavy atom. The lowest BCUT2D eigenvalue weighted by Crippen LogP contribution is -2.63. The van der Waals surface area contributed by atoms with E-state index >= 15 is 0 Å². The summed E-state index contributed by atoms with van der Waals surface area (Å²) < 4.78 is 0. The van der Waals surface area contributed by atoms with Gasteiger partial charge in [-0.3, -0.25) is 19.7 Å². The van der Waals surface area contributed by atoms with Crippen molar-refractivity contribution in [1.82, 2.24) is 10.6 Å². The van der Waals surface area contributed by atoms with Gasteiger partial charge in [0.25, 0.3) is 0 Å². The number of rotatable bonds is 4. The van der Waals surface area contributed by atoms with Gasteiger partial charge in [0.1, 0.15) is 0 Å². The van der Waals surface area contributed by atoms with Crippen molar-refractivity contribution in [2.75, 3.05) is 6.54 Å². The van der Waals surface area contributed by atoms with Crippen LogP contribution >= 0.6 is 0 Å². The van der Waals surface area contributed by atoms with Gasteiger partial charge >= 0.3 is 0 Å². The molecule has 2 atom stereocenters. The molecule has 1 saturated carbocycles. The average molecular weight is 342 g/mol. The molecule has 3 rings (SSSR count). The molecule has 1 heterocycles. The smallest absolute Gasteiger partial charge is 0.232 e. The molecule has 1 aromatic rings. The first kappa shape index (κ1) is 17.6. The topological polar surface area (TPSA) is 75.3 Å². The standard InChI is InChI=1S/C20H26N2O3/c1-18(15(23)21-10-9-14-7-5-4-6-8-14)11-19(2)13-20(3,12-18)17(25)22-16(19)24/h4-8H,9-13H2,1-3H3,(H,21,23)(H,22,24,25). The van der Waals surface area contributed by atoms with Crippen LogP contribution in [0.4, 0.5) is 0 Å². The van der Waals surface area contributed by atoms with Crippen LogP contribution in [-0.2, 0) is 20.8 Å². The Hall–Kier alpha value is -2.17. The van der Waals surface area contributed by atoms with Crippen LogP contribution in [0.25, 0.3) is 0 Å². The molecule has 25 heavy (non-hydrogen) atoms. The Morgan fingerprint density at radius 1 is 1.00 bits per heavy atom. The number of amides is 3. The van der Waals surface area contributed by atoms with Crippen molar-refractivity contribution in [3.63, 3.8) is 0 Å². The number of hydrogen-bond donors (Lipinski definition) is 2. The van der Waals surface area contributed by atoms with Crippen molar-refractivity contribution in [2.45, 2.75) is 46.5 Å². The van der Waals surface area contributed by atoms with Gasteiger partial charge in [-0.1, -0.05) is 51.1 Å². The van der Waals surface area contributed by atoms with E-state index < -0.39 is 16.2 Å². The van der Waals surface area contributed by atoms with Gasteiger partial charge in [0.2, 0.25) is 17.7 Å². The van der Waals surface area contributed by atoms with Gasteiger partial charge in [0, 0.05) is 22.8 Å². The maximum atomic E-state index is 12.9. The fourth-order valence-electron chi connectivity index (χ4n) is 4.84. The van der Waals surface area contributed by atoms with Gasteiger partial charge in [0.05, 0.1) is 0 Å². The molecule has 1 aliphatic heterocycles. The Labute approximate surface area is 148 Å². The van der Waals surface area contributed by atoms with Crippen LogP contribution in [0.15, 0.2) is 30.3 Å². The Bertz CT molecular complexity index is 687. The third-order valence-corrected chi connectivity index (χ3v) is 5.75. The number of fused-ring (bicyclic) bond motifs is 2. The Morgan fingerprint density at radius 2 is 1.56 bits per heavy atom. The second kappa shape index (κ2) is 5.97. The van der Waals surface area contributed by atoms with Crippen LogP contribution in [-0.4, -0.2) is 24.3 Å². The van der Waals surface area contributed by atoms with Crippen LogP contribution < -0.4 is 10.6 Å². The van der Waals surface area contributed by atoms with Crippen molar-refractivity contribution < 1.29 is 14.4 Å². The van der Waals surface area contributed by atoms with E-state index in [1.54, 1.807) is 0 Å². The first-order valence-electron chi connectivity index (χ1n) is 8.85. The van der Waals surface area contributed by atoms with E-state index in [1.165, 1.54) is 5.56 Å². The van der Waals surface area contributed by atoms with Crippen molar-refractivity contribution >= 4 is 17.7 Å². The van der Waals surface area contributed by atoms with Crippen LogP contribution in [0.1, 0.15) is 45.6 Å². The number of carbonyl (C=O) groups excluding carboxylic acids is 3. The van der Waals surface area contributed by atoms with Gasteiger partial charge in [0.15, 0.2) is 0 Å². The van der Waals surface area contributed by atoms with E-state index in [-0.39, 0.29) is 17.7 Å². The quantitative estimate of drug-likeness (QED) is 0.824. The summed E-state index contributed by atoms with van der Waals surface area (Å²) in [6.45, 7) is 6.15. The lowest BCUT2D eigenvalue weighted by molar-refractivity contribution is -0.164. The molecule has 1 aromatic carbocycles. The predicted molar refractivity (Wildman–Crippen MR) is 94.5 cm³/mol. The molecule has 2 unspecified atom stereocenters. The van der Waals surface area contributed by atoms with Crippen molar-refractivity contribution in [3.05, 3.63) is 35.9 Å². The molecule has 0 spiro atoms. The molecule has 2 fully saturated rings. The van der Waals surface area contributed by atoms with Crippen molar-refractivity contribution in [3.8, 4) is 0 Å². The lowest BCUT2D eigenvalue weighted by Gasteiger charge is -2.53. The van der Waals surface area contributed by atoms with Gasteiger partial charge < -0.3 is 5.32 Å². The summed E-state index contributed by atoms with van der Waals surface area (Å²) in [5.74, 6) is -0.570. The molecule has 3 amide bonds. The highest BCUT2D eigenvalue weighted by atomic mass is 16.2. The van der Waals surface area contributed by atoms with E-state index in [4.69, 9.17) is 0 Å². The van der Waals surface area contributed by atoms with E-state index in [2.05, 4.69) is 10.6 Å². The van der Waals surface area contributed by atoms with Gasteiger partial charge in [-0.05, 0) is 31.2 Å². The summed E-state index contributed by atoms with van der Waals surface area (Å²) >= 11 is 0. The highest BCUT2D eigenvalue weighted by Gasteiger charge is 2.60. The highest BCUT2D eigenvalue weighted by molar-refractivity contribution is 6.04. The third kappa shape index (κ3) is 3.20. The summed E-state index contributed by atoms with van der Waals surface area (Å²) in [6.07, 6.45) is 2.20. The van der Waals surface area contributed by atoms with Gasteiger partial charge in [-0.25, -0.2) is 0 Å². The van der Waals surface area contributed by atoms with E-state index in [9.17, 15) is 14.4 Å². The molecule has 1 aliphatic carbocycles. The highest BCUT2D eigenvalue weighted by Crippen LogP contribution is 2.56. The molecule has 0 radical (unpaired) electrons. The second-order valence-corrected chi connectivity index (χ2v) is 8.49. The SMILES string of the molecule is CC1(C(=O)NCCc2ccccc2)CC2(C)CC(C)(C1)C(=O)NC2=O. The lowest BCUT2D eigenvalue weighted by atomic mass is 9.52. The molecule has 134 valence electrons. The Balaban J connectivity index is 1.71. The molecular formula is C20H26N2O3. The number of hydrogen-bond acceptors (Lipinski definition) is 3. The average Bonchev–Trinajstić information content (AvgIpc) is 2.53. The van der Waals surface area contributed by atoms with E-state index in [0.717, 1.165) is 6.42 Å². The molecule has 0 aromatic heterocycles. The number of benzene rings is 1. The van der Waals surface area contributed by atoms with Crippen LogP contribution in [0.3, 0.4) is 0 Å². The normalized spacial score (nSPS) is 34.4. The summed E-state index contributed by atoms with van der Waals surface area (Å²) in [5.41, 5.74) is -0.896. The van der Waals surface area contributed by atoms with E-state index in [0.29, 0.717) is 25.8 Å². The fourth-order valence-corrected chi connectivity index (χ4v) is 4.84. The van der Waals surface area contributed by atoms with Crippen molar-refractivity contribution in [2.24, 2.45) is 16.2 Å². The minimum Gasteiger partial charge on any atom is -0.355 e. The van der Waals surface area contributed by atoms with E-state index in [1.807, 2.05) is 51.1 Å². The monoisotopic (exact) mass is 342 g/mol. The number of carbonyl (C=O) groups is 3. The number of piperidine rings is 1. The molecule has 2 bridgehead atoms.